The summed E-state index contributed by atoms with van der Waals surface area (Å²) in [6.07, 6.45) is 1.33. The highest BCUT2D eigenvalue weighted by molar-refractivity contribution is 6.58. The number of aromatic nitrogens is 3. The molecule has 0 atom stereocenters. The second-order valence-corrected chi connectivity index (χ2v) is 2.59. The summed E-state index contributed by atoms with van der Waals surface area (Å²) >= 11 is 0. The highest BCUT2D eigenvalue weighted by Gasteiger charge is 2.11. The first kappa shape index (κ1) is 8.02. The maximum Gasteiger partial charge on any atom is 0.489 e. The topological polar surface area (TPSA) is 90.6 Å². The van der Waals surface area contributed by atoms with Gasteiger partial charge in [0.25, 0.3) is 0 Å². The molecule has 2 heterocycles. The monoisotopic (exact) mass is 179 g/mol. The molecule has 0 saturated carbocycles. The van der Waals surface area contributed by atoms with Gasteiger partial charge in [0.2, 0.25) is 0 Å². The molecule has 13 heavy (non-hydrogen) atoms. The van der Waals surface area contributed by atoms with E-state index in [1.54, 1.807) is 0 Å². The molecule has 6 nitrogen and oxygen atoms in total. The molecule has 66 valence electrons. The molecule has 2 aromatic heterocycles. The predicted molar refractivity (Wildman–Crippen MR) is 45.6 cm³/mol. The third-order valence-electron chi connectivity index (χ3n) is 1.73. The number of nitrogens with one attached hydrogen (secondary N) is 1. The Labute approximate surface area is 72.6 Å². The Kier molecular flexibility index (Phi) is 1.68. The van der Waals surface area contributed by atoms with Crippen LogP contribution < -0.4 is 11.2 Å². The van der Waals surface area contributed by atoms with Crippen LogP contribution >= 0.6 is 0 Å². The summed E-state index contributed by atoms with van der Waals surface area (Å²) in [5, 5.41) is 23.6. The van der Waals surface area contributed by atoms with Crippen molar-refractivity contribution in [2.45, 2.75) is 0 Å². The molecule has 0 bridgehead atoms. The zero-order chi connectivity index (χ0) is 9.42. The Morgan fingerprint density at radius 1 is 1.46 bits per heavy atom. The van der Waals surface area contributed by atoms with Gasteiger partial charge in [-0.2, -0.15) is 5.10 Å². The second-order valence-electron chi connectivity index (χ2n) is 2.59. The van der Waals surface area contributed by atoms with Gasteiger partial charge in [0.15, 0.2) is 5.65 Å². The highest BCUT2D eigenvalue weighted by atomic mass is 16.4. The van der Waals surface area contributed by atoms with Gasteiger partial charge in [-0.15, -0.1) is 0 Å². The first-order chi connectivity index (χ1) is 6.18. The van der Waals surface area contributed by atoms with E-state index in [2.05, 4.69) is 10.2 Å². The molecule has 0 spiro atoms. The molecule has 0 aliphatic carbocycles. The van der Waals surface area contributed by atoms with Crippen LogP contribution in [0.4, 0.5) is 0 Å². The number of nitrogens with zero attached hydrogens (tertiary/aromatic N) is 2. The molecule has 0 radical (unpaired) electrons. The zero-order valence-corrected chi connectivity index (χ0v) is 6.51. The number of rotatable bonds is 1. The Morgan fingerprint density at radius 3 is 2.92 bits per heavy atom. The van der Waals surface area contributed by atoms with Crippen LogP contribution in [0.1, 0.15) is 0 Å². The number of H-pyrrole nitrogens is 1. The average Bonchev–Trinajstić information content (AvgIpc) is 2.47. The molecule has 0 fully saturated rings. The Hall–Kier alpha value is -1.60. The number of hydrogen-bond acceptors (Lipinski definition) is 4. The third kappa shape index (κ3) is 1.23. The minimum Gasteiger partial charge on any atom is -0.423 e. The van der Waals surface area contributed by atoms with E-state index in [0.29, 0.717) is 5.65 Å². The quantitative estimate of drug-likeness (QED) is 0.429. The predicted octanol–water partition coefficient (Wildman–Crippen LogP) is -2.30. The lowest BCUT2D eigenvalue weighted by molar-refractivity contribution is 0.425. The normalized spacial score (nSPS) is 10.6. The minimum absolute atomic E-state index is 0.246. The van der Waals surface area contributed by atoms with Crippen molar-refractivity contribution in [2.24, 2.45) is 0 Å². The van der Waals surface area contributed by atoms with Gasteiger partial charge in [-0.3, -0.25) is 4.40 Å². The van der Waals surface area contributed by atoms with E-state index in [4.69, 9.17) is 10.0 Å². The molecule has 2 aromatic rings. The fourth-order valence-electron chi connectivity index (χ4n) is 1.07. The molecule has 0 aliphatic rings. The lowest BCUT2D eigenvalue weighted by Gasteiger charge is -1.97. The van der Waals surface area contributed by atoms with Gasteiger partial charge in [0, 0.05) is 6.20 Å². The molecule has 0 saturated heterocycles. The lowest BCUT2D eigenvalue weighted by atomic mass is 9.82. The Balaban J connectivity index is 2.73. The summed E-state index contributed by atoms with van der Waals surface area (Å²) in [7, 11) is -1.58. The standard InChI is InChI=1S/C6H6BN3O3/c11-6-9-8-5-2-1-4(7(12)13)3-10(5)6/h1-3,12-13H,(H,9,11). The van der Waals surface area contributed by atoms with Crippen LogP contribution in [0, 0.1) is 0 Å². The van der Waals surface area contributed by atoms with Crippen LogP contribution in [0.2, 0.25) is 0 Å². The van der Waals surface area contributed by atoms with E-state index in [0.717, 1.165) is 0 Å². The van der Waals surface area contributed by atoms with Crippen LogP contribution in [-0.2, 0) is 0 Å². The van der Waals surface area contributed by atoms with E-state index < -0.39 is 12.8 Å². The van der Waals surface area contributed by atoms with E-state index >= 15 is 0 Å². The zero-order valence-electron chi connectivity index (χ0n) is 6.51. The summed E-state index contributed by atoms with van der Waals surface area (Å²) in [6, 6.07) is 3.01. The molecule has 7 heteroatoms. The Bertz CT molecular complexity index is 489. The van der Waals surface area contributed by atoms with Gasteiger partial charge >= 0.3 is 12.8 Å². The summed E-state index contributed by atoms with van der Waals surface area (Å²) in [4.78, 5) is 11.0. The van der Waals surface area contributed by atoms with Crippen molar-refractivity contribution in [1.29, 1.82) is 0 Å². The number of fused-ring (bicyclic) bond motifs is 1. The van der Waals surface area contributed by atoms with Crippen LogP contribution in [0.5, 0.6) is 0 Å². The highest BCUT2D eigenvalue weighted by Crippen LogP contribution is 1.91. The molecule has 0 aliphatic heterocycles. The van der Waals surface area contributed by atoms with E-state index in [9.17, 15) is 4.79 Å². The summed E-state index contributed by atoms with van der Waals surface area (Å²) in [5.74, 6) is 0. The number of aromatic amines is 1. The van der Waals surface area contributed by atoms with Gasteiger partial charge in [-0.05, 0) is 11.5 Å². The maximum absolute atomic E-state index is 11.0. The minimum atomic E-state index is -1.58. The van der Waals surface area contributed by atoms with Crippen LogP contribution in [0.25, 0.3) is 5.65 Å². The van der Waals surface area contributed by atoms with Crippen molar-refractivity contribution in [3.63, 3.8) is 0 Å². The summed E-state index contributed by atoms with van der Waals surface area (Å²) < 4.78 is 1.20. The molecule has 0 aromatic carbocycles. The van der Waals surface area contributed by atoms with Gasteiger partial charge in [-0.1, -0.05) is 6.07 Å². The molecule has 3 N–H and O–H groups in total. The fraction of sp³-hybridized carbons (Fsp3) is 0. The first-order valence-electron chi connectivity index (χ1n) is 3.61. The smallest absolute Gasteiger partial charge is 0.423 e. The number of pyridine rings is 1. The van der Waals surface area contributed by atoms with Gasteiger partial charge in [-0.25, -0.2) is 9.89 Å². The first-order valence-corrected chi connectivity index (χ1v) is 3.61. The second kappa shape index (κ2) is 2.72. The van der Waals surface area contributed by atoms with E-state index in [1.807, 2.05) is 0 Å². The molecular formula is C6H6BN3O3. The van der Waals surface area contributed by atoms with Crippen LogP contribution in [-0.4, -0.2) is 31.8 Å². The van der Waals surface area contributed by atoms with Gasteiger partial charge < -0.3 is 10.0 Å². The van der Waals surface area contributed by atoms with Crippen LogP contribution in [0.3, 0.4) is 0 Å². The van der Waals surface area contributed by atoms with Crippen molar-refractivity contribution in [2.75, 3.05) is 0 Å². The van der Waals surface area contributed by atoms with Gasteiger partial charge in [0.1, 0.15) is 0 Å². The van der Waals surface area contributed by atoms with Crippen LogP contribution in [0.15, 0.2) is 23.1 Å². The third-order valence-corrected chi connectivity index (χ3v) is 1.73. The van der Waals surface area contributed by atoms with E-state index in [-0.39, 0.29) is 5.46 Å². The van der Waals surface area contributed by atoms with E-state index in [1.165, 1.54) is 22.7 Å². The lowest BCUT2D eigenvalue weighted by Crippen LogP contribution is -2.31. The average molecular weight is 179 g/mol. The van der Waals surface area contributed by atoms with Crippen molar-refractivity contribution >= 4 is 18.2 Å². The Morgan fingerprint density at radius 2 is 2.23 bits per heavy atom. The largest absolute Gasteiger partial charge is 0.489 e. The number of hydrogen-bond donors (Lipinski definition) is 3. The van der Waals surface area contributed by atoms with Crippen molar-refractivity contribution in [1.82, 2.24) is 14.6 Å². The maximum atomic E-state index is 11.0. The van der Waals surface area contributed by atoms with Crippen molar-refractivity contribution in [3.05, 3.63) is 28.8 Å². The molecule has 0 amide bonds. The van der Waals surface area contributed by atoms with Gasteiger partial charge in [0.05, 0.1) is 0 Å². The summed E-state index contributed by atoms with van der Waals surface area (Å²) in [6.45, 7) is 0. The fourth-order valence-corrected chi connectivity index (χ4v) is 1.07. The molecule has 0 unspecified atom stereocenters. The SMILES string of the molecule is O=c1[nH]nc2ccc(B(O)O)cn12. The summed E-state index contributed by atoms with van der Waals surface area (Å²) in [5.41, 5.74) is 0.280. The van der Waals surface area contributed by atoms with Crippen molar-refractivity contribution < 1.29 is 10.0 Å². The molecular weight excluding hydrogens is 173 g/mol. The molecule has 2 rings (SSSR count). The van der Waals surface area contributed by atoms with Crippen molar-refractivity contribution in [3.8, 4) is 0 Å².